The number of hydrazone groups is 1. The maximum absolute atomic E-state index is 13.3. The first-order valence-corrected chi connectivity index (χ1v) is 8.43. The highest BCUT2D eigenvalue weighted by molar-refractivity contribution is 5.97. The van der Waals surface area contributed by atoms with Gasteiger partial charge in [-0.25, -0.2) is 17.6 Å². The van der Waals surface area contributed by atoms with Gasteiger partial charge in [0.25, 0.3) is 12.9 Å². The van der Waals surface area contributed by atoms with Crippen molar-refractivity contribution in [1.29, 1.82) is 0 Å². The van der Waals surface area contributed by atoms with E-state index in [0.29, 0.717) is 0 Å². The summed E-state index contributed by atoms with van der Waals surface area (Å²) in [6, 6.07) is 2.37. The molecule has 0 saturated heterocycles. The highest BCUT2D eigenvalue weighted by Crippen LogP contribution is 2.34. The summed E-state index contributed by atoms with van der Waals surface area (Å²) in [6.07, 6.45) is -8.01. The Labute approximate surface area is 165 Å². The monoisotopic (exact) mass is 433 g/mol. The predicted octanol–water partition coefficient (Wildman–Crippen LogP) is 2.47. The second-order valence-corrected chi connectivity index (χ2v) is 6.57. The largest absolute Gasteiger partial charge is 0.454 e. The summed E-state index contributed by atoms with van der Waals surface area (Å²) in [6.45, 7) is 2.77. The van der Waals surface area contributed by atoms with E-state index in [-0.39, 0.29) is 34.4 Å². The van der Waals surface area contributed by atoms with Gasteiger partial charge in [0.2, 0.25) is 5.72 Å². The lowest BCUT2D eigenvalue weighted by Gasteiger charge is -2.29. The van der Waals surface area contributed by atoms with E-state index in [9.17, 15) is 37.6 Å². The fourth-order valence-electron chi connectivity index (χ4n) is 3.04. The van der Waals surface area contributed by atoms with Gasteiger partial charge in [-0.15, -0.1) is 0 Å². The summed E-state index contributed by atoms with van der Waals surface area (Å²) < 4.78 is 58.8. The molecule has 0 spiro atoms. The number of amides is 1. The molecular formula is C16H15F4N5O5. The van der Waals surface area contributed by atoms with Gasteiger partial charge in [-0.05, 0) is 26.0 Å². The maximum atomic E-state index is 13.3. The quantitative estimate of drug-likeness (QED) is 0.424. The number of halogens is 4. The van der Waals surface area contributed by atoms with Crippen molar-refractivity contribution in [3.8, 4) is 0 Å². The first-order chi connectivity index (χ1) is 14.0. The van der Waals surface area contributed by atoms with Gasteiger partial charge in [-0.3, -0.25) is 19.6 Å². The Morgan fingerprint density at radius 2 is 2.03 bits per heavy atom. The van der Waals surface area contributed by atoms with Crippen LogP contribution in [0.15, 0.2) is 21.7 Å². The SMILES string of the molecule is Cc1nn(Cc2ccc(C(=O)N3N=C(C(F)F)C[C@]3(O)C(F)F)o2)c(C)c1[N+](=O)[O-]. The number of nitrogens with zero attached hydrogens (tertiary/aromatic N) is 5. The molecule has 0 aliphatic carbocycles. The Bertz CT molecular complexity index is 1030. The molecule has 162 valence electrons. The van der Waals surface area contributed by atoms with Crippen LogP contribution in [0.2, 0.25) is 0 Å². The number of rotatable bonds is 6. The van der Waals surface area contributed by atoms with Crippen molar-refractivity contribution in [2.75, 3.05) is 0 Å². The van der Waals surface area contributed by atoms with Crippen LogP contribution in [0.4, 0.5) is 23.2 Å². The molecule has 0 unspecified atom stereocenters. The van der Waals surface area contributed by atoms with E-state index in [1.54, 1.807) is 0 Å². The second kappa shape index (κ2) is 7.51. The third-order valence-corrected chi connectivity index (χ3v) is 4.53. The third-order valence-electron chi connectivity index (χ3n) is 4.53. The maximum Gasteiger partial charge on any atom is 0.312 e. The summed E-state index contributed by atoms with van der Waals surface area (Å²) in [5.74, 6) is -1.81. The predicted molar refractivity (Wildman–Crippen MR) is 91.3 cm³/mol. The zero-order chi connectivity index (χ0) is 22.4. The number of aryl methyl sites for hydroxylation is 1. The van der Waals surface area contributed by atoms with Gasteiger partial charge < -0.3 is 9.52 Å². The lowest BCUT2D eigenvalue weighted by Crippen LogP contribution is -2.51. The molecule has 1 N–H and O–H groups in total. The Morgan fingerprint density at radius 1 is 1.37 bits per heavy atom. The number of hydrogen-bond acceptors (Lipinski definition) is 7. The Kier molecular flexibility index (Phi) is 5.36. The van der Waals surface area contributed by atoms with Gasteiger partial charge in [0.1, 0.15) is 22.9 Å². The molecule has 0 aromatic carbocycles. The molecule has 1 atom stereocenters. The van der Waals surface area contributed by atoms with Gasteiger partial charge in [0, 0.05) is 6.42 Å². The van der Waals surface area contributed by atoms with Crippen LogP contribution in [0.1, 0.15) is 34.1 Å². The van der Waals surface area contributed by atoms with Crippen molar-refractivity contribution < 1.29 is 36.8 Å². The smallest absolute Gasteiger partial charge is 0.312 e. The zero-order valence-corrected chi connectivity index (χ0v) is 15.6. The van der Waals surface area contributed by atoms with E-state index in [1.807, 2.05) is 0 Å². The van der Waals surface area contributed by atoms with E-state index < -0.39 is 47.3 Å². The molecule has 0 radical (unpaired) electrons. The summed E-state index contributed by atoms with van der Waals surface area (Å²) in [5.41, 5.74) is -4.10. The zero-order valence-electron chi connectivity index (χ0n) is 15.6. The Morgan fingerprint density at radius 3 is 2.57 bits per heavy atom. The fourth-order valence-corrected chi connectivity index (χ4v) is 3.04. The van der Waals surface area contributed by atoms with Crippen LogP contribution in [0.5, 0.6) is 0 Å². The van der Waals surface area contributed by atoms with Crippen LogP contribution in [0, 0.1) is 24.0 Å². The number of furan rings is 1. The van der Waals surface area contributed by atoms with E-state index >= 15 is 0 Å². The molecule has 10 nitrogen and oxygen atoms in total. The summed E-state index contributed by atoms with van der Waals surface area (Å²) >= 11 is 0. The molecule has 2 aromatic rings. The van der Waals surface area contributed by atoms with Crippen molar-refractivity contribution in [1.82, 2.24) is 14.8 Å². The van der Waals surface area contributed by atoms with Crippen LogP contribution in [0.25, 0.3) is 0 Å². The Balaban J connectivity index is 1.86. The number of alkyl halides is 4. The van der Waals surface area contributed by atoms with E-state index in [1.165, 1.54) is 24.6 Å². The van der Waals surface area contributed by atoms with Gasteiger partial charge in [-0.2, -0.15) is 15.2 Å². The summed E-state index contributed by atoms with van der Waals surface area (Å²) in [7, 11) is 0. The van der Waals surface area contributed by atoms with Crippen molar-refractivity contribution in [2.24, 2.45) is 5.10 Å². The van der Waals surface area contributed by atoms with Crippen LogP contribution in [0.3, 0.4) is 0 Å². The number of aliphatic hydroxyl groups is 1. The van der Waals surface area contributed by atoms with Gasteiger partial charge in [0.15, 0.2) is 5.76 Å². The van der Waals surface area contributed by atoms with Crippen LogP contribution >= 0.6 is 0 Å². The number of carbonyl (C=O) groups is 1. The molecule has 2 aromatic heterocycles. The molecule has 30 heavy (non-hydrogen) atoms. The lowest BCUT2D eigenvalue weighted by atomic mass is 10.1. The number of nitro groups is 1. The van der Waals surface area contributed by atoms with Crippen molar-refractivity contribution in [3.05, 3.63) is 45.2 Å². The highest BCUT2D eigenvalue weighted by Gasteiger charge is 2.54. The van der Waals surface area contributed by atoms with Crippen LogP contribution in [-0.4, -0.2) is 55.0 Å². The Hall–Kier alpha value is -3.29. The molecule has 1 amide bonds. The minimum absolute atomic E-state index is 0.0803. The van der Waals surface area contributed by atoms with Crippen molar-refractivity contribution >= 4 is 17.3 Å². The summed E-state index contributed by atoms with van der Waals surface area (Å²) in [4.78, 5) is 23.0. The molecule has 0 fully saturated rings. The first kappa shape index (κ1) is 21.4. The molecule has 1 aliphatic rings. The lowest BCUT2D eigenvalue weighted by molar-refractivity contribution is -0.386. The molecule has 3 rings (SSSR count). The third kappa shape index (κ3) is 3.53. The first-order valence-electron chi connectivity index (χ1n) is 8.43. The fraction of sp³-hybridized carbons (Fsp3) is 0.438. The molecule has 1 aliphatic heterocycles. The van der Waals surface area contributed by atoms with Gasteiger partial charge >= 0.3 is 11.6 Å². The standard InChI is InChI=1S/C16H15F4N5O5/c1-7-12(25(28)29)8(2)23(21-7)6-9-3-4-11(30-9)14(26)24-16(27,15(19)20)5-10(22-24)13(17)18/h3-4,13,15,27H,5-6H2,1-2H3/t16-/m0/s1. The van der Waals surface area contributed by atoms with Crippen LogP contribution in [-0.2, 0) is 6.54 Å². The molecular weight excluding hydrogens is 418 g/mol. The van der Waals surface area contributed by atoms with E-state index in [2.05, 4.69) is 10.2 Å². The molecule has 3 heterocycles. The second-order valence-electron chi connectivity index (χ2n) is 6.57. The van der Waals surface area contributed by atoms with Crippen molar-refractivity contribution in [2.45, 2.75) is 45.4 Å². The highest BCUT2D eigenvalue weighted by atomic mass is 19.3. The number of hydrogen-bond donors (Lipinski definition) is 1. The molecule has 0 saturated carbocycles. The minimum Gasteiger partial charge on any atom is -0.454 e. The number of carbonyl (C=O) groups excluding carboxylic acids is 1. The van der Waals surface area contributed by atoms with E-state index in [4.69, 9.17) is 4.42 Å². The number of aromatic nitrogens is 2. The topological polar surface area (TPSA) is 127 Å². The summed E-state index contributed by atoms with van der Waals surface area (Å²) in [5, 5.41) is 28.1. The minimum atomic E-state index is -3.56. The molecule has 0 bridgehead atoms. The van der Waals surface area contributed by atoms with Crippen LogP contribution < -0.4 is 0 Å². The van der Waals surface area contributed by atoms with Gasteiger partial charge in [0.05, 0.1) is 11.5 Å². The normalized spacial score (nSPS) is 19.1. The van der Waals surface area contributed by atoms with Gasteiger partial charge in [-0.1, -0.05) is 0 Å². The average Bonchev–Trinajstić information content (AvgIpc) is 3.32. The molecule has 14 heteroatoms. The van der Waals surface area contributed by atoms with Crippen molar-refractivity contribution in [3.63, 3.8) is 0 Å². The van der Waals surface area contributed by atoms with E-state index in [0.717, 1.165) is 6.07 Å². The average molecular weight is 433 g/mol.